The molecule has 1 saturated heterocycles. The quantitative estimate of drug-likeness (QED) is 0.741. The van der Waals surface area contributed by atoms with Crippen molar-refractivity contribution in [3.63, 3.8) is 0 Å². The van der Waals surface area contributed by atoms with Crippen molar-refractivity contribution >= 4 is 17.3 Å². The van der Waals surface area contributed by atoms with E-state index in [1.807, 2.05) is 0 Å². The monoisotopic (exact) mass is 225 g/mol. The summed E-state index contributed by atoms with van der Waals surface area (Å²) < 4.78 is 4.93. The number of carbonyl (C=O) groups is 1. The van der Waals surface area contributed by atoms with E-state index in [1.165, 1.54) is 0 Å². The lowest BCUT2D eigenvalue weighted by Crippen LogP contribution is -2.10. The third-order valence-electron chi connectivity index (χ3n) is 2.56. The molecule has 1 aliphatic rings. The minimum atomic E-state index is -0.0610. The zero-order valence-corrected chi connectivity index (χ0v) is 9.84. The Balaban J connectivity index is 2.01. The van der Waals surface area contributed by atoms with Crippen LogP contribution in [0.3, 0.4) is 0 Å². The van der Waals surface area contributed by atoms with Crippen LogP contribution in [0.5, 0.6) is 0 Å². The third kappa shape index (κ3) is 2.37. The predicted molar refractivity (Wildman–Crippen MR) is 59.0 cm³/mol. The SMILES string of the molecule is CC(C)c1nc(CC2CCOC2=O)cs1. The Labute approximate surface area is 93.5 Å². The van der Waals surface area contributed by atoms with Crippen LogP contribution in [0.2, 0.25) is 0 Å². The molecular formula is C11H15NO2S. The van der Waals surface area contributed by atoms with Crippen molar-refractivity contribution in [3.8, 4) is 0 Å². The zero-order chi connectivity index (χ0) is 10.8. The summed E-state index contributed by atoms with van der Waals surface area (Å²) in [5.41, 5.74) is 1.03. The second-order valence-electron chi connectivity index (χ2n) is 4.19. The molecule has 1 aromatic rings. The van der Waals surface area contributed by atoms with Crippen LogP contribution in [0.15, 0.2) is 5.38 Å². The minimum Gasteiger partial charge on any atom is -0.465 e. The Kier molecular flexibility index (Phi) is 3.05. The Morgan fingerprint density at radius 2 is 2.47 bits per heavy atom. The van der Waals surface area contributed by atoms with Gasteiger partial charge in [0.15, 0.2) is 0 Å². The van der Waals surface area contributed by atoms with Crippen LogP contribution >= 0.6 is 11.3 Å². The second kappa shape index (κ2) is 4.31. The molecule has 0 aromatic carbocycles. The molecule has 82 valence electrons. The third-order valence-corrected chi connectivity index (χ3v) is 3.76. The number of hydrogen-bond acceptors (Lipinski definition) is 4. The fraction of sp³-hybridized carbons (Fsp3) is 0.636. The summed E-state index contributed by atoms with van der Waals surface area (Å²) in [5.74, 6) is 0.445. The number of rotatable bonds is 3. The fourth-order valence-electron chi connectivity index (χ4n) is 1.66. The molecule has 0 aliphatic carbocycles. The molecule has 0 radical (unpaired) electrons. The molecule has 1 aliphatic heterocycles. The molecule has 1 unspecified atom stereocenters. The maximum atomic E-state index is 11.3. The van der Waals surface area contributed by atoms with Gasteiger partial charge >= 0.3 is 5.97 Å². The molecule has 1 atom stereocenters. The van der Waals surface area contributed by atoms with E-state index in [0.717, 1.165) is 23.5 Å². The van der Waals surface area contributed by atoms with Crippen molar-refractivity contribution in [2.24, 2.45) is 5.92 Å². The van der Waals surface area contributed by atoms with E-state index in [1.54, 1.807) is 11.3 Å². The topological polar surface area (TPSA) is 39.2 Å². The van der Waals surface area contributed by atoms with E-state index in [4.69, 9.17) is 4.74 Å². The van der Waals surface area contributed by atoms with Gasteiger partial charge in [-0.15, -0.1) is 11.3 Å². The molecule has 1 aromatic heterocycles. The molecule has 0 saturated carbocycles. The maximum Gasteiger partial charge on any atom is 0.309 e. The summed E-state index contributed by atoms with van der Waals surface area (Å²) in [6.07, 6.45) is 1.58. The van der Waals surface area contributed by atoms with Gasteiger partial charge in [0.2, 0.25) is 0 Å². The van der Waals surface area contributed by atoms with Crippen molar-refractivity contribution in [1.82, 2.24) is 4.98 Å². The Morgan fingerprint density at radius 3 is 3.00 bits per heavy atom. The molecule has 2 heterocycles. The number of nitrogens with zero attached hydrogens (tertiary/aromatic N) is 1. The summed E-state index contributed by atoms with van der Waals surface area (Å²) in [7, 11) is 0. The average Bonchev–Trinajstić information content (AvgIpc) is 2.77. The van der Waals surface area contributed by atoms with Gasteiger partial charge in [-0.2, -0.15) is 0 Å². The highest BCUT2D eigenvalue weighted by Gasteiger charge is 2.27. The summed E-state index contributed by atoms with van der Waals surface area (Å²) in [6, 6.07) is 0. The van der Waals surface area contributed by atoms with Gasteiger partial charge in [-0.3, -0.25) is 4.79 Å². The minimum absolute atomic E-state index is 0.0344. The van der Waals surface area contributed by atoms with Crippen molar-refractivity contribution in [1.29, 1.82) is 0 Å². The van der Waals surface area contributed by atoms with Crippen molar-refractivity contribution < 1.29 is 9.53 Å². The van der Waals surface area contributed by atoms with E-state index >= 15 is 0 Å². The molecule has 0 bridgehead atoms. The van der Waals surface area contributed by atoms with Crippen molar-refractivity contribution in [2.45, 2.75) is 32.6 Å². The lowest BCUT2D eigenvalue weighted by Gasteiger charge is -2.01. The number of hydrogen-bond donors (Lipinski definition) is 0. The lowest BCUT2D eigenvalue weighted by atomic mass is 10.0. The first-order chi connectivity index (χ1) is 7.16. The Morgan fingerprint density at radius 1 is 1.67 bits per heavy atom. The molecule has 2 rings (SSSR count). The summed E-state index contributed by atoms with van der Waals surface area (Å²) in [5, 5.41) is 3.21. The second-order valence-corrected chi connectivity index (χ2v) is 5.08. The van der Waals surface area contributed by atoms with E-state index < -0.39 is 0 Å². The first-order valence-corrected chi connectivity index (χ1v) is 6.15. The van der Waals surface area contributed by atoms with Crippen molar-refractivity contribution in [2.75, 3.05) is 6.61 Å². The van der Waals surface area contributed by atoms with Crippen LogP contribution in [-0.4, -0.2) is 17.6 Å². The number of esters is 1. The van der Waals surface area contributed by atoms with E-state index in [-0.39, 0.29) is 11.9 Å². The molecule has 15 heavy (non-hydrogen) atoms. The van der Waals surface area contributed by atoms with E-state index in [9.17, 15) is 4.79 Å². The Bertz CT molecular complexity index is 359. The highest BCUT2D eigenvalue weighted by molar-refractivity contribution is 7.09. The first-order valence-electron chi connectivity index (χ1n) is 5.27. The average molecular weight is 225 g/mol. The van der Waals surface area contributed by atoms with Gasteiger partial charge in [-0.1, -0.05) is 13.8 Å². The van der Waals surface area contributed by atoms with Crippen LogP contribution in [0, 0.1) is 5.92 Å². The van der Waals surface area contributed by atoms with Gasteiger partial charge in [-0.05, 0) is 6.42 Å². The number of aromatic nitrogens is 1. The fourth-order valence-corrected chi connectivity index (χ4v) is 2.50. The normalized spacial score (nSPS) is 21.0. The number of ether oxygens (including phenoxy) is 1. The van der Waals surface area contributed by atoms with Crippen LogP contribution in [-0.2, 0) is 16.0 Å². The largest absolute Gasteiger partial charge is 0.465 e. The molecule has 1 fully saturated rings. The standard InChI is InChI=1S/C11H15NO2S/c1-7(2)10-12-9(6-15-10)5-8-3-4-14-11(8)13/h6-8H,3-5H2,1-2H3. The van der Waals surface area contributed by atoms with Gasteiger partial charge < -0.3 is 4.74 Å². The smallest absolute Gasteiger partial charge is 0.309 e. The molecule has 4 heteroatoms. The molecule has 3 nitrogen and oxygen atoms in total. The maximum absolute atomic E-state index is 11.3. The van der Waals surface area contributed by atoms with Gasteiger partial charge in [0.1, 0.15) is 0 Å². The molecule has 0 amide bonds. The molecule has 0 spiro atoms. The highest BCUT2D eigenvalue weighted by atomic mass is 32.1. The van der Waals surface area contributed by atoms with Crippen LogP contribution < -0.4 is 0 Å². The van der Waals surface area contributed by atoms with Crippen LogP contribution in [0.4, 0.5) is 0 Å². The predicted octanol–water partition coefficient (Wildman–Crippen LogP) is 2.37. The first kappa shape index (κ1) is 10.6. The zero-order valence-electron chi connectivity index (χ0n) is 9.03. The van der Waals surface area contributed by atoms with Gasteiger partial charge in [0.05, 0.1) is 23.2 Å². The number of cyclic esters (lactones) is 1. The number of carbonyl (C=O) groups excluding carboxylic acids is 1. The van der Waals surface area contributed by atoms with Gasteiger partial charge in [0.25, 0.3) is 0 Å². The van der Waals surface area contributed by atoms with Crippen LogP contribution in [0.25, 0.3) is 0 Å². The summed E-state index contributed by atoms with van der Waals surface area (Å²) in [6.45, 7) is 4.84. The summed E-state index contributed by atoms with van der Waals surface area (Å²) >= 11 is 1.68. The molecular weight excluding hydrogens is 210 g/mol. The van der Waals surface area contributed by atoms with Gasteiger partial charge in [-0.25, -0.2) is 4.98 Å². The Hall–Kier alpha value is -0.900. The highest BCUT2D eigenvalue weighted by Crippen LogP contribution is 2.24. The van der Waals surface area contributed by atoms with Crippen LogP contribution in [0.1, 0.15) is 36.9 Å². The van der Waals surface area contributed by atoms with Gasteiger partial charge in [0, 0.05) is 17.7 Å². The molecule has 0 N–H and O–H groups in total. The summed E-state index contributed by atoms with van der Waals surface area (Å²) in [4.78, 5) is 15.8. The lowest BCUT2D eigenvalue weighted by molar-refractivity contribution is -0.141. The van der Waals surface area contributed by atoms with E-state index in [0.29, 0.717) is 12.5 Å². The van der Waals surface area contributed by atoms with Crippen molar-refractivity contribution in [3.05, 3.63) is 16.1 Å². The van der Waals surface area contributed by atoms with E-state index in [2.05, 4.69) is 24.2 Å². The number of thiazole rings is 1.